The van der Waals surface area contributed by atoms with Crippen molar-refractivity contribution in [3.05, 3.63) is 0 Å². The Labute approximate surface area is 79.8 Å². The Balaban J connectivity index is 2.71. The molecule has 0 spiro atoms. The van der Waals surface area contributed by atoms with E-state index in [1.807, 2.05) is 25.4 Å². The first kappa shape index (κ1) is 11.2. The monoisotopic (exact) mass is 207 g/mol. The maximum Gasteiger partial charge on any atom is 0.408 e. The van der Waals surface area contributed by atoms with Crippen LogP contribution in [0.2, 0.25) is 0 Å². The fraction of sp³-hybridized carbons (Fsp3) is 1.00. The fourth-order valence-electron chi connectivity index (χ4n) is 1.42. The topological polar surface area (TPSA) is 38.8 Å². The number of nitrogens with zero attached hydrogens (tertiary/aromatic N) is 1. The molecule has 0 aromatic heterocycles. The molecule has 5 heteroatoms. The van der Waals surface area contributed by atoms with Crippen LogP contribution in [0.4, 0.5) is 0 Å². The summed E-state index contributed by atoms with van der Waals surface area (Å²) in [7, 11) is -2.95. The van der Waals surface area contributed by atoms with E-state index in [0.29, 0.717) is 13.2 Å². The van der Waals surface area contributed by atoms with Gasteiger partial charge in [0.25, 0.3) is 0 Å². The van der Waals surface area contributed by atoms with Gasteiger partial charge in [-0.25, -0.2) is 9.24 Å². The molecule has 1 rings (SSSR count). The van der Waals surface area contributed by atoms with Crippen LogP contribution in [-0.4, -0.2) is 30.5 Å². The Hall–Kier alpha value is 0.110. The quantitative estimate of drug-likeness (QED) is 0.665. The minimum Gasteiger partial charge on any atom is -0.297 e. The fourth-order valence-corrected chi connectivity index (χ4v) is 3.43. The molecule has 0 aromatic carbocycles. The predicted molar refractivity (Wildman–Crippen MR) is 51.6 cm³/mol. The van der Waals surface area contributed by atoms with Crippen molar-refractivity contribution in [2.75, 3.05) is 19.8 Å². The van der Waals surface area contributed by atoms with Crippen LogP contribution in [0.5, 0.6) is 0 Å². The van der Waals surface area contributed by atoms with E-state index in [-0.39, 0.29) is 6.04 Å². The number of hydrogen-bond donors (Lipinski definition) is 0. The lowest BCUT2D eigenvalue weighted by molar-refractivity contribution is 0.116. The second-order valence-electron chi connectivity index (χ2n) is 3.33. The normalized spacial score (nSPS) is 31.1. The Morgan fingerprint density at radius 1 is 1.62 bits per heavy atom. The molecule has 1 aliphatic heterocycles. The number of rotatable bonds is 3. The molecule has 1 saturated heterocycles. The van der Waals surface area contributed by atoms with Crippen LogP contribution < -0.4 is 0 Å². The summed E-state index contributed by atoms with van der Waals surface area (Å²) in [5.74, 6) is 0. The molecule has 78 valence electrons. The van der Waals surface area contributed by atoms with Crippen LogP contribution in [0.25, 0.3) is 0 Å². The summed E-state index contributed by atoms with van der Waals surface area (Å²) in [6.45, 7) is 7.60. The summed E-state index contributed by atoms with van der Waals surface area (Å²) in [5.41, 5.74) is 0. The molecule has 0 radical (unpaired) electrons. The lowest BCUT2D eigenvalue weighted by Gasteiger charge is -2.36. The summed E-state index contributed by atoms with van der Waals surface area (Å²) in [5, 5.41) is 0. The zero-order valence-electron chi connectivity index (χ0n) is 8.52. The van der Waals surface area contributed by atoms with Gasteiger partial charge < -0.3 is 0 Å². The Bertz CT molecular complexity index is 202. The van der Waals surface area contributed by atoms with Crippen molar-refractivity contribution >= 4 is 7.75 Å². The smallest absolute Gasteiger partial charge is 0.297 e. The van der Waals surface area contributed by atoms with Crippen LogP contribution in [0.15, 0.2) is 0 Å². The minimum absolute atomic E-state index is 0.206. The van der Waals surface area contributed by atoms with Gasteiger partial charge in [-0.15, -0.1) is 0 Å². The maximum atomic E-state index is 12.1. The molecule has 1 unspecified atom stereocenters. The first-order valence-corrected chi connectivity index (χ1v) is 6.26. The molecule has 1 atom stereocenters. The van der Waals surface area contributed by atoms with Crippen molar-refractivity contribution in [3.8, 4) is 0 Å². The third-order valence-corrected chi connectivity index (χ3v) is 4.37. The predicted octanol–water partition coefficient (Wildman–Crippen LogP) is 2.26. The first-order chi connectivity index (χ1) is 6.10. The summed E-state index contributed by atoms with van der Waals surface area (Å²) in [6.07, 6.45) is 0.926. The summed E-state index contributed by atoms with van der Waals surface area (Å²) in [6, 6.07) is 0.206. The second-order valence-corrected chi connectivity index (χ2v) is 5.30. The zero-order chi connectivity index (χ0) is 9.90. The van der Waals surface area contributed by atoms with E-state index >= 15 is 0 Å². The van der Waals surface area contributed by atoms with Crippen LogP contribution >= 0.6 is 7.75 Å². The highest BCUT2D eigenvalue weighted by molar-refractivity contribution is 7.51. The van der Waals surface area contributed by atoms with Crippen molar-refractivity contribution in [2.24, 2.45) is 0 Å². The Kier molecular flexibility index (Phi) is 3.92. The van der Waals surface area contributed by atoms with Gasteiger partial charge >= 0.3 is 7.75 Å². The van der Waals surface area contributed by atoms with Crippen LogP contribution in [0.1, 0.15) is 27.2 Å². The van der Waals surface area contributed by atoms with Gasteiger partial charge in [-0.3, -0.25) is 9.05 Å². The van der Waals surface area contributed by atoms with Gasteiger partial charge in [-0.1, -0.05) is 0 Å². The van der Waals surface area contributed by atoms with Gasteiger partial charge in [0.05, 0.1) is 13.2 Å². The third-order valence-electron chi connectivity index (χ3n) is 1.99. The second kappa shape index (κ2) is 4.56. The van der Waals surface area contributed by atoms with Crippen molar-refractivity contribution < 1.29 is 13.6 Å². The maximum absolute atomic E-state index is 12.1. The SMILES string of the molecule is CCOP1(=O)OCCCN1C(C)C. The van der Waals surface area contributed by atoms with Crippen LogP contribution in [0, 0.1) is 0 Å². The molecular weight excluding hydrogens is 189 g/mol. The van der Waals surface area contributed by atoms with Crippen LogP contribution in [0.3, 0.4) is 0 Å². The Morgan fingerprint density at radius 2 is 2.31 bits per heavy atom. The van der Waals surface area contributed by atoms with E-state index in [1.165, 1.54) is 0 Å². The van der Waals surface area contributed by atoms with Crippen molar-refractivity contribution in [3.63, 3.8) is 0 Å². The molecule has 4 nitrogen and oxygen atoms in total. The molecule has 1 heterocycles. The van der Waals surface area contributed by atoms with E-state index in [2.05, 4.69) is 0 Å². The van der Waals surface area contributed by atoms with Gasteiger partial charge in [-0.2, -0.15) is 0 Å². The minimum atomic E-state index is -2.95. The molecule has 0 saturated carbocycles. The molecule has 0 aliphatic carbocycles. The van der Waals surface area contributed by atoms with Gasteiger partial charge in [0.2, 0.25) is 0 Å². The van der Waals surface area contributed by atoms with E-state index in [1.54, 1.807) is 0 Å². The highest BCUT2D eigenvalue weighted by Crippen LogP contribution is 2.55. The highest BCUT2D eigenvalue weighted by Gasteiger charge is 2.37. The summed E-state index contributed by atoms with van der Waals surface area (Å²) >= 11 is 0. The van der Waals surface area contributed by atoms with Gasteiger partial charge in [-0.05, 0) is 27.2 Å². The van der Waals surface area contributed by atoms with Crippen molar-refractivity contribution in [2.45, 2.75) is 33.2 Å². The van der Waals surface area contributed by atoms with E-state index < -0.39 is 7.75 Å². The molecule has 0 amide bonds. The lowest BCUT2D eigenvalue weighted by atomic mass is 10.3. The standard InChI is InChI=1S/C8H18NO3P/c1-4-11-13(10)9(8(2)3)6-5-7-12-13/h8H,4-7H2,1-3H3. The lowest BCUT2D eigenvalue weighted by Crippen LogP contribution is -2.34. The summed E-state index contributed by atoms with van der Waals surface area (Å²) in [4.78, 5) is 0. The van der Waals surface area contributed by atoms with Gasteiger partial charge in [0, 0.05) is 12.6 Å². The van der Waals surface area contributed by atoms with E-state index in [4.69, 9.17) is 9.05 Å². The Morgan fingerprint density at radius 3 is 2.85 bits per heavy atom. The third kappa shape index (κ3) is 2.53. The first-order valence-electron chi connectivity index (χ1n) is 4.76. The van der Waals surface area contributed by atoms with Gasteiger partial charge in [0.1, 0.15) is 0 Å². The molecule has 1 aliphatic rings. The van der Waals surface area contributed by atoms with E-state index in [0.717, 1.165) is 13.0 Å². The molecule has 0 N–H and O–H groups in total. The average Bonchev–Trinajstić information content (AvgIpc) is 2.04. The van der Waals surface area contributed by atoms with Crippen molar-refractivity contribution in [1.29, 1.82) is 0 Å². The summed E-state index contributed by atoms with van der Waals surface area (Å²) < 4.78 is 24.3. The molecular formula is C8H18NO3P. The molecule has 13 heavy (non-hydrogen) atoms. The average molecular weight is 207 g/mol. The largest absolute Gasteiger partial charge is 0.408 e. The van der Waals surface area contributed by atoms with Crippen LogP contribution in [-0.2, 0) is 13.6 Å². The molecule has 1 fully saturated rings. The molecule has 0 aromatic rings. The highest BCUT2D eigenvalue weighted by atomic mass is 31.2. The number of hydrogen-bond acceptors (Lipinski definition) is 3. The molecule has 0 bridgehead atoms. The van der Waals surface area contributed by atoms with E-state index in [9.17, 15) is 4.57 Å². The zero-order valence-corrected chi connectivity index (χ0v) is 9.42. The van der Waals surface area contributed by atoms with Gasteiger partial charge in [0.15, 0.2) is 0 Å². The van der Waals surface area contributed by atoms with Crippen molar-refractivity contribution in [1.82, 2.24) is 4.67 Å².